The zero-order valence-corrected chi connectivity index (χ0v) is 12.5. The summed E-state index contributed by atoms with van der Waals surface area (Å²) >= 11 is 0. The first-order valence-electron chi connectivity index (χ1n) is 7.27. The smallest absolute Gasteiger partial charge is 0.303 e. The maximum Gasteiger partial charge on any atom is 0.303 e. The van der Waals surface area contributed by atoms with Gasteiger partial charge in [-0.15, -0.1) is 0 Å². The zero-order chi connectivity index (χ0) is 15.9. The number of aryl methyl sites for hydroxylation is 1. The van der Waals surface area contributed by atoms with E-state index < -0.39 is 5.97 Å². The molecule has 5 nitrogen and oxygen atoms in total. The number of aromatic nitrogens is 1. The molecular formula is C17H19NO4. The lowest BCUT2D eigenvalue weighted by atomic mass is 10.1. The molecule has 0 atom stereocenters. The van der Waals surface area contributed by atoms with Gasteiger partial charge in [-0.1, -0.05) is 25.1 Å². The Morgan fingerprint density at radius 3 is 2.77 bits per heavy atom. The third-order valence-electron chi connectivity index (χ3n) is 3.22. The normalized spacial score (nSPS) is 10.4. The monoisotopic (exact) mass is 301 g/mol. The number of H-pyrrole nitrogens is 1. The molecule has 1 aromatic heterocycles. The van der Waals surface area contributed by atoms with Crippen LogP contribution in [0.15, 0.2) is 41.2 Å². The second kappa shape index (κ2) is 7.45. The maximum absolute atomic E-state index is 12.0. The fraction of sp³-hybridized carbons (Fsp3) is 0.294. The highest BCUT2D eigenvalue weighted by molar-refractivity contribution is 5.67. The first-order valence-corrected chi connectivity index (χ1v) is 7.27. The summed E-state index contributed by atoms with van der Waals surface area (Å²) in [4.78, 5) is 25.4. The molecule has 2 rings (SSSR count). The van der Waals surface area contributed by atoms with Gasteiger partial charge in [-0.05, 0) is 31.0 Å². The third kappa shape index (κ3) is 4.22. The predicted octanol–water partition coefficient (Wildman–Crippen LogP) is 2.85. The molecule has 0 saturated heterocycles. The molecule has 2 N–H and O–H groups in total. The van der Waals surface area contributed by atoms with Gasteiger partial charge in [-0.25, -0.2) is 0 Å². The van der Waals surface area contributed by atoms with Crippen molar-refractivity contribution in [1.82, 2.24) is 4.98 Å². The minimum atomic E-state index is -0.913. The third-order valence-corrected chi connectivity index (χ3v) is 3.22. The highest BCUT2D eigenvalue weighted by Gasteiger charge is 2.06. The molecule has 0 radical (unpaired) electrons. The van der Waals surface area contributed by atoms with Gasteiger partial charge in [0.15, 0.2) is 0 Å². The van der Waals surface area contributed by atoms with Gasteiger partial charge in [0.1, 0.15) is 5.75 Å². The Morgan fingerprint density at radius 2 is 2.09 bits per heavy atom. The fourth-order valence-corrected chi connectivity index (χ4v) is 2.08. The van der Waals surface area contributed by atoms with Gasteiger partial charge in [-0.2, -0.15) is 0 Å². The zero-order valence-electron chi connectivity index (χ0n) is 12.5. The molecule has 1 aromatic carbocycles. The molecule has 0 aliphatic heterocycles. The van der Waals surface area contributed by atoms with Crippen molar-refractivity contribution in [3.05, 3.63) is 52.3 Å². The van der Waals surface area contributed by atoms with Crippen molar-refractivity contribution in [2.75, 3.05) is 6.61 Å². The molecule has 22 heavy (non-hydrogen) atoms. The molecule has 0 unspecified atom stereocenters. The van der Waals surface area contributed by atoms with Gasteiger partial charge >= 0.3 is 5.97 Å². The van der Waals surface area contributed by atoms with Crippen LogP contribution in [-0.4, -0.2) is 22.7 Å². The number of aliphatic carboxylic acids is 1. The molecule has 116 valence electrons. The molecule has 0 aliphatic carbocycles. The van der Waals surface area contributed by atoms with Crippen molar-refractivity contribution in [2.45, 2.75) is 26.2 Å². The van der Waals surface area contributed by atoms with Crippen molar-refractivity contribution in [2.24, 2.45) is 0 Å². The number of rotatable bonds is 7. The lowest BCUT2D eigenvalue weighted by Crippen LogP contribution is -2.14. The van der Waals surface area contributed by atoms with Crippen LogP contribution in [0, 0.1) is 0 Å². The van der Waals surface area contributed by atoms with Crippen LogP contribution in [0.25, 0.3) is 11.3 Å². The summed E-state index contributed by atoms with van der Waals surface area (Å²) in [6.07, 6.45) is 1.10. The van der Waals surface area contributed by atoms with Crippen LogP contribution in [0.1, 0.15) is 25.3 Å². The van der Waals surface area contributed by atoms with Crippen molar-refractivity contribution in [1.29, 1.82) is 0 Å². The Hall–Kier alpha value is -2.56. The quantitative estimate of drug-likeness (QED) is 0.824. The fourth-order valence-electron chi connectivity index (χ4n) is 2.08. The van der Waals surface area contributed by atoms with E-state index in [-0.39, 0.29) is 18.4 Å². The summed E-state index contributed by atoms with van der Waals surface area (Å²) in [7, 11) is 0. The lowest BCUT2D eigenvalue weighted by molar-refractivity contribution is -0.136. The van der Waals surface area contributed by atoms with Crippen LogP contribution in [0.2, 0.25) is 0 Å². The molecule has 0 aliphatic rings. The number of hydrogen-bond donors (Lipinski definition) is 2. The van der Waals surface area contributed by atoms with Crippen molar-refractivity contribution in [3.63, 3.8) is 0 Å². The lowest BCUT2D eigenvalue weighted by Gasteiger charge is -2.08. The van der Waals surface area contributed by atoms with Crippen LogP contribution in [0.5, 0.6) is 5.75 Å². The second-order valence-electron chi connectivity index (χ2n) is 5.00. The highest BCUT2D eigenvalue weighted by atomic mass is 16.5. The van der Waals surface area contributed by atoms with E-state index >= 15 is 0 Å². The van der Waals surface area contributed by atoms with Crippen molar-refractivity contribution >= 4 is 5.97 Å². The van der Waals surface area contributed by atoms with Gasteiger partial charge < -0.3 is 14.8 Å². The number of carboxylic acids is 1. The summed E-state index contributed by atoms with van der Waals surface area (Å²) in [5, 5.41) is 8.67. The average Bonchev–Trinajstić information content (AvgIpc) is 2.52. The molecule has 0 saturated carbocycles. The number of ether oxygens (including phenoxy) is 1. The van der Waals surface area contributed by atoms with E-state index in [4.69, 9.17) is 9.84 Å². The van der Waals surface area contributed by atoms with Crippen LogP contribution in [0.3, 0.4) is 0 Å². The summed E-state index contributed by atoms with van der Waals surface area (Å²) in [6.45, 7) is 2.69. The minimum Gasteiger partial charge on any atom is -0.494 e. The van der Waals surface area contributed by atoms with E-state index in [9.17, 15) is 9.59 Å². The van der Waals surface area contributed by atoms with Crippen LogP contribution in [0.4, 0.5) is 0 Å². The summed E-state index contributed by atoms with van der Waals surface area (Å²) in [5.41, 5.74) is 1.77. The topological polar surface area (TPSA) is 79.4 Å². The Bertz CT molecular complexity index is 706. The number of carboxylic acid groups (broad SMARTS) is 1. The summed E-state index contributed by atoms with van der Waals surface area (Å²) in [5.74, 6) is -0.153. The molecule has 2 aromatic rings. The van der Waals surface area contributed by atoms with E-state index in [1.165, 1.54) is 0 Å². The number of carbonyl (C=O) groups is 1. The summed E-state index contributed by atoms with van der Waals surface area (Å²) < 4.78 is 5.58. The SMILES string of the molecule is CCCOc1cccc(-c2ccc(CCC(=O)O)c(=O)[nH]2)c1. The Balaban J connectivity index is 2.20. The van der Waals surface area contributed by atoms with E-state index in [1.54, 1.807) is 12.1 Å². The largest absolute Gasteiger partial charge is 0.494 e. The Labute approximate surface area is 128 Å². The number of benzene rings is 1. The number of nitrogens with one attached hydrogen (secondary N) is 1. The van der Waals surface area contributed by atoms with Gasteiger partial charge in [0.25, 0.3) is 5.56 Å². The molecular weight excluding hydrogens is 282 g/mol. The Morgan fingerprint density at radius 1 is 1.27 bits per heavy atom. The first kappa shape index (κ1) is 15.8. The van der Waals surface area contributed by atoms with Crippen molar-refractivity contribution < 1.29 is 14.6 Å². The maximum atomic E-state index is 12.0. The van der Waals surface area contributed by atoms with Crippen LogP contribution < -0.4 is 10.3 Å². The van der Waals surface area contributed by atoms with Crippen LogP contribution in [-0.2, 0) is 11.2 Å². The van der Waals surface area contributed by atoms with E-state index in [0.29, 0.717) is 17.9 Å². The molecule has 0 amide bonds. The first-order chi connectivity index (χ1) is 10.6. The standard InChI is InChI=1S/C17H19NO4/c1-2-10-22-14-5-3-4-13(11-14)15-8-6-12(17(21)18-15)7-9-16(19)20/h3-6,8,11H,2,7,9-10H2,1H3,(H,18,21)(H,19,20). The van der Waals surface area contributed by atoms with E-state index in [1.807, 2.05) is 31.2 Å². The van der Waals surface area contributed by atoms with Gasteiger partial charge in [-0.3, -0.25) is 9.59 Å². The molecule has 5 heteroatoms. The number of pyridine rings is 1. The summed E-state index contributed by atoms with van der Waals surface area (Å²) in [6, 6.07) is 11.0. The van der Waals surface area contributed by atoms with Crippen molar-refractivity contribution in [3.8, 4) is 17.0 Å². The number of aromatic amines is 1. The molecule has 0 spiro atoms. The van der Waals surface area contributed by atoms with Gasteiger partial charge in [0, 0.05) is 23.2 Å². The van der Waals surface area contributed by atoms with Crippen LogP contribution >= 0.6 is 0 Å². The van der Waals surface area contributed by atoms with E-state index in [2.05, 4.69) is 4.98 Å². The average molecular weight is 301 g/mol. The second-order valence-corrected chi connectivity index (χ2v) is 5.00. The van der Waals surface area contributed by atoms with Gasteiger partial charge in [0.05, 0.1) is 6.61 Å². The Kier molecular flexibility index (Phi) is 5.36. The number of hydrogen-bond acceptors (Lipinski definition) is 3. The minimum absolute atomic E-state index is 0.0528. The molecule has 0 bridgehead atoms. The highest BCUT2D eigenvalue weighted by Crippen LogP contribution is 2.21. The van der Waals surface area contributed by atoms with Gasteiger partial charge in [0.2, 0.25) is 0 Å². The molecule has 1 heterocycles. The molecule has 0 fully saturated rings. The predicted molar refractivity (Wildman–Crippen MR) is 84.2 cm³/mol. The van der Waals surface area contributed by atoms with E-state index in [0.717, 1.165) is 17.7 Å².